The van der Waals surface area contributed by atoms with Gasteiger partial charge in [0.1, 0.15) is 5.76 Å². The second kappa shape index (κ2) is 5.52. The molecule has 0 unspecified atom stereocenters. The van der Waals surface area contributed by atoms with Crippen molar-refractivity contribution in [3.8, 4) is 0 Å². The van der Waals surface area contributed by atoms with Crippen LogP contribution in [-0.2, 0) is 0 Å². The lowest BCUT2D eigenvalue weighted by Gasteiger charge is -2.18. The summed E-state index contributed by atoms with van der Waals surface area (Å²) in [4.78, 5) is 14.2. The Hall–Kier alpha value is -1.36. The molecule has 2 rings (SSSR count). The van der Waals surface area contributed by atoms with E-state index in [4.69, 9.17) is 4.52 Å². The minimum atomic E-state index is -0.00755. The number of amides is 1. The summed E-state index contributed by atoms with van der Waals surface area (Å²) in [5.74, 6) is 1.06. The molecule has 2 heterocycles. The van der Waals surface area contributed by atoms with Crippen molar-refractivity contribution < 1.29 is 9.32 Å². The Morgan fingerprint density at radius 2 is 2.17 bits per heavy atom. The van der Waals surface area contributed by atoms with Crippen LogP contribution in [0.25, 0.3) is 0 Å². The summed E-state index contributed by atoms with van der Waals surface area (Å²) in [6.07, 6.45) is 0.986. The Morgan fingerprint density at radius 3 is 2.83 bits per heavy atom. The maximum atomic E-state index is 12.4. The van der Waals surface area contributed by atoms with Crippen molar-refractivity contribution in [2.24, 2.45) is 0 Å². The van der Waals surface area contributed by atoms with E-state index in [1.54, 1.807) is 0 Å². The molecule has 1 aromatic rings. The SMILES string of the molecule is Cc1c(C(=O)N2CCCNCC2)noc1C(C)C. The van der Waals surface area contributed by atoms with Gasteiger partial charge in [0.15, 0.2) is 5.69 Å². The van der Waals surface area contributed by atoms with Crippen LogP contribution in [0.2, 0.25) is 0 Å². The summed E-state index contributed by atoms with van der Waals surface area (Å²) in [6, 6.07) is 0. The van der Waals surface area contributed by atoms with Crippen LogP contribution >= 0.6 is 0 Å². The van der Waals surface area contributed by atoms with Crippen molar-refractivity contribution in [3.63, 3.8) is 0 Å². The lowest BCUT2D eigenvalue weighted by molar-refractivity contribution is 0.0755. The normalized spacial score (nSPS) is 17.0. The first-order valence-electron chi connectivity index (χ1n) is 6.57. The molecule has 5 heteroatoms. The van der Waals surface area contributed by atoms with Crippen LogP contribution in [0.3, 0.4) is 0 Å². The smallest absolute Gasteiger partial charge is 0.276 e. The van der Waals surface area contributed by atoms with E-state index in [-0.39, 0.29) is 11.8 Å². The molecular formula is C13H21N3O2. The second-order valence-electron chi connectivity index (χ2n) is 5.07. The van der Waals surface area contributed by atoms with Crippen LogP contribution in [-0.4, -0.2) is 42.1 Å². The number of hydrogen-bond acceptors (Lipinski definition) is 4. The van der Waals surface area contributed by atoms with Gasteiger partial charge in [-0.25, -0.2) is 0 Å². The molecule has 0 aliphatic carbocycles. The highest BCUT2D eigenvalue weighted by atomic mass is 16.5. The van der Waals surface area contributed by atoms with E-state index in [2.05, 4.69) is 10.5 Å². The first-order valence-corrected chi connectivity index (χ1v) is 6.57. The van der Waals surface area contributed by atoms with Crippen LogP contribution in [0.5, 0.6) is 0 Å². The molecule has 5 nitrogen and oxygen atoms in total. The molecule has 0 bridgehead atoms. The van der Waals surface area contributed by atoms with E-state index in [0.717, 1.165) is 43.9 Å². The van der Waals surface area contributed by atoms with Crippen LogP contribution in [0.15, 0.2) is 4.52 Å². The summed E-state index contributed by atoms with van der Waals surface area (Å²) in [6.45, 7) is 9.33. The maximum Gasteiger partial charge on any atom is 0.276 e. The van der Waals surface area contributed by atoms with Gasteiger partial charge in [-0.3, -0.25) is 4.79 Å². The Bertz CT molecular complexity index is 418. The van der Waals surface area contributed by atoms with E-state index in [1.165, 1.54) is 0 Å². The van der Waals surface area contributed by atoms with Crippen molar-refractivity contribution in [1.82, 2.24) is 15.4 Å². The van der Waals surface area contributed by atoms with E-state index < -0.39 is 0 Å². The maximum absolute atomic E-state index is 12.4. The average Bonchev–Trinajstić information content (AvgIpc) is 2.56. The van der Waals surface area contributed by atoms with E-state index >= 15 is 0 Å². The molecule has 1 aliphatic heterocycles. The Balaban J connectivity index is 2.17. The van der Waals surface area contributed by atoms with E-state index in [0.29, 0.717) is 5.69 Å². The molecule has 0 spiro atoms. The first-order chi connectivity index (χ1) is 8.61. The standard InChI is InChI=1S/C13H21N3O2/c1-9(2)12-10(3)11(15-18-12)13(17)16-7-4-5-14-6-8-16/h9,14H,4-8H2,1-3H3. The van der Waals surface area contributed by atoms with Gasteiger partial charge in [-0.1, -0.05) is 19.0 Å². The van der Waals surface area contributed by atoms with Crippen molar-refractivity contribution in [2.75, 3.05) is 26.2 Å². The van der Waals surface area contributed by atoms with Gasteiger partial charge < -0.3 is 14.7 Å². The Labute approximate surface area is 108 Å². The minimum Gasteiger partial charge on any atom is -0.360 e. The first kappa shape index (κ1) is 13.1. The topological polar surface area (TPSA) is 58.4 Å². The molecule has 0 radical (unpaired) electrons. The van der Waals surface area contributed by atoms with Crippen molar-refractivity contribution in [3.05, 3.63) is 17.0 Å². The molecule has 1 saturated heterocycles. The Kier molecular flexibility index (Phi) is 4.01. The molecule has 1 fully saturated rings. The molecule has 0 saturated carbocycles. The van der Waals surface area contributed by atoms with Crippen LogP contribution < -0.4 is 5.32 Å². The molecule has 0 atom stereocenters. The number of rotatable bonds is 2. The monoisotopic (exact) mass is 251 g/mol. The molecular weight excluding hydrogens is 230 g/mol. The summed E-state index contributed by atoms with van der Waals surface area (Å²) in [5.41, 5.74) is 1.35. The fourth-order valence-corrected chi connectivity index (χ4v) is 2.28. The van der Waals surface area contributed by atoms with Gasteiger partial charge >= 0.3 is 0 Å². The number of carbonyl (C=O) groups excluding carboxylic acids is 1. The summed E-state index contributed by atoms with van der Waals surface area (Å²) < 4.78 is 5.29. The summed E-state index contributed by atoms with van der Waals surface area (Å²) in [5, 5.41) is 7.24. The summed E-state index contributed by atoms with van der Waals surface area (Å²) in [7, 11) is 0. The highest BCUT2D eigenvalue weighted by molar-refractivity contribution is 5.93. The predicted octanol–water partition coefficient (Wildman–Crippen LogP) is 1.54. The van der Waals surface area contributed by atoms with Gasteiger partial charge in [0.05, 0.1) is 0 Å². The van der Waals surface area contributed by atoms with Crippen LogP contribution in [0.1, 0.15) is 48.0 Å². The number of carbonyl (C=O) groups is 1. The number of aromatic nitrogens is 1. The molecule has 18 heavy (non-hydrogen) atoms. The van der Waals surface area contributed by atoms with E-state index in [1.807, 2.05) is 25.7 Å². The number of nitrogens with one attached hydrogen (secondary N) is 1. The number of hydrogen-bond donors (Lipinski definition) is 1. The third-order valence-electron chi connectivity index (χ3n) is 3.31. The number of nitrogens with zero attached hydrogens (tertiary/aromatic N) is 2. The summed E-state index contributed by atoms with van der Waals surface area (Å²) >= 11 is 0. The third-order valence-corrected chi connectivity index (χ3v) is 3.31. The average molecular weight is 251 g/mol. The van der Waals surface area contributed by atoms with Gasteiger partial charge in [0.2, 0.25) is 0 Å². The van der Waals surface area contributed by atoms with E-state index in [9.17, 15) is 4.79 Å². The van der Waals surface area contributed by atoms with Crippen molar-refractivity contribution in [1.29, 1.82) is 0 Å². The van der Waals surface area contributed by atoms with Gasteiger partial charge in [-0.2, -0.15) is 0 Å². The highest BCUT2D eigenvalue weighted by Crippen LogP contribution is 2.22. The zero-order valence-electron chi connectivity index (χ0n) is 11.3. The lowest BCUT2D eigenvalue weighted by Crippen LogP contribution is -2.34. The highest BCUT2D eigenvalue weighted by Gasteiger charge is 2.25. The molecule has 0 aromatic carbocycles. The van der Waals surface area contributed by atoms with Gasteiger partial charge in [0, 0.05) is 31.1 Å². The van der Waals surface area contributed by atoms with Gasteiger partial charge in [-0.05, 0) is 19.9 Å². The Morgan fingerprint density at radius 1 is 1.39 bits per heavy atom. The van der Waals surface area contributed by atoms with Crippen molar-refractivity contribution >= 4 is 5.91 Å². The minimum absolute atomic E-state index is 0.00755. The zero-order chi connectivity index (χ0) is 13.1. The fourth-order valence-electron chi connectivity index (χ4n) is 2.28. The third kappa shape index (κ3) is 2.56. The lowest BCUT2D eigenvalue weighted by atomic mass is 10.1. The van der Waals surface area contributed by atoms with Crippen LogP contribution in [0.4, 0.5) is 0 Å². The van der Waals surface area contributed by atoms with Gasteiger partial charge in [-0.15, -0.1) is 0 Å². The quantitative estimate of drug-likeness (QED) is 0.866. The van der Waals surface area contributed by atoms with Crippen molar-refractivity contribution in [2.45, 2.75) is 33.1 Å². The predicted molar refractivity (Wildman–Crippen MR) is 68.7 cm³/mol. The second-order valence-corrected chi connectivity index (χ2v) is 5.07. The van der Waals surface area contributed by atoms with Crippen LogP contribution in [0, 0.1) is 6.92 Å². The van der Waals surface area contributed by atoms with Gasteiger partial charge in [0.25, 0.3) is 5.91 Å². The molecule has 1 N–H and O–H groups in total. The molecule has 1 aromatic heterocycles. The largest absolute Gasteiger partial charge is 0.360 e. The zero-order valence-corrected chi connectivity index (χ0v) is 11.3. The molecule has 1 aliphatic rings. The fraction of sp³-hybridized carbons (Fsp3) is 0.692. The molecule has 100 valence electrons. The molecule has 1 amide bonds.